The molecule has 0 unspecified atom stereocenters. The van der Waals surface area contributed by atoms with Crippen molar-refractivity contribution in [2.45, 2.75) is 32.9 Å². The molecule has 0 atom stereocenters. The van der Waals surface area contributed by atoms with Gasteiger partial charge in [-0.15, -0.1) is 10.2 Å². The fourth-order valence-corrected chi connectivity index (χ4v) is 2.62. The van der Waals surface area contributed by atoms with E-state index in [-0.39, 0.29) is 11.7 Å². The van der Waals surface area contributed by atoms with E-state index in [0.29, 0.717) is 25.9 Å². The summed E-state index contributed by atoms with van der Waals surface area (Å²) in [6, 6.07) is 6.39. The van der Waals surface area contributed by atoms with Gasteiger partial charge < -0.3 is 9.47 Å². The van der Waals surface area contributed by atoms with Crippen LogP contribution < -0.4 is 0 Å². The minimum absolute atomic E-state index is 0.0752. The van der Waals surface area contributed by atoms with Crippen molar-refractivity contribution < 1.29 is 9.18 Å². The van der Waals surface area contributed by atoms with Crippen LogP contribution in [0.2, 0.25) is 0 Å². The van der Waals surface area contributed by atoms with Crippen molar-refractivity contribution in [3.05, 3.63) is 47.3 Å². The highest BCUT2D eigenvalue weighted by molar-refractivity contribution is 5.76. The number of hydrogen-bond acceptors (Lipinski definition) is 3. The lowest BCUT2D eigenvalue weighted by molar-refractivity contribution is -0.132. The second-order valence-corrected chi connectivity index (χ2v) is 5.26. The zero-order valence-corrected chi connectivity index (χ0v) is 11.9. The predicted molar refractivity (Wildman–Crippen MR) is 74.9 cm³/mol. The number of hydrogen-bond donors (Lipinski definition) is 0. The summed E-state index contributed by atoms with van der Waals surface area (Å²) in [5.41, 5.74) is 0.847. The molecule has 0 spiro atoms. The fourth-order valence-electron chi connectivity index (χ4n) is 2.62. The number of amides is 1. The topological polar surface area (TPSA) is 51.0 Å². The maximum Gasteiger partial charge on any atom is 0.223 e. The zero-order valence-electron chi connectivity index (χ0n) is 11.9. The molecule has 0 N–H and O–H groups in total. The van der Waals surface area contributed by atoms with Gasteiger partial charge in [-0.25, -0.2) is 4.39 Å². The lowest BCUT2D eigenvalue weighted by Gasteiger charge is -2.27. The third kappa shape index (κ3) is 2.94. The van der Waals surface area contributed by atoms with Crippen molar-refractivity contribution in [3.63, 3.8) is 0 Å². The maximum atomic E-state index is 13.1. The summed E-state index contributed by atoms with van der Waals surface area (Å²) in [5, 5.41) is 8.12. The maximum absolute atomic E-state index is 13.1. The van der Waals surface area contributed by atoms with E-state index in [0.717, 1.165) is 23.8 Å². The normalized spacial score (nSPS) is 14.1. The summed E-state index contributed by atoms with van der Waals surface area (Å²) in [7, 11) is 0. The van der Waals surface area contributed by atoms with Crippen LogP contribution in [0, 0.1) is 12.7 Å². The monoisotopic (exact) mass is 288 g/mol. The molecule has 6 heteroatoms. The highest BCUT2D eigenvalue weighted by Crippen LogP contribution is 2.14. The molecule has 0 fully saturated rings. The molecule has 5 nitrogen and oxygen atoms in total. The summed E-state index contributed by atoms with van der Waals surface area (Å²) in [5.74, 6) is 1.53. The fraction of sp³-hybridized carbons (Fsp3) is 0.400. The average molecular weight is 288 g/mol. The lowest BCUT2D eigenvalue weighted by atomic mass is 10.1. The van der Waals surface area contributed by atoms with Gasteiger partial charge in [0.05, 0.1) is 6.54 Å². The van der Waals surface area contributed by atoms with Crippen LogP contribution in [0.4, 0.5) is 4.39 Å². The van der Waals surface area contributed by atoms with Gasteiger partial charge in [-0.05, 0) is 31.0 Å². The van der Waals surface area contributed by atoms with Gasteiger partial charge in [0.25, 0.3) is 0 Å². The van der Waals surface area contributed by atoms with Gasteiger partial charge in [0.2, 0.25) is 5.91 Å². The first-order chi connectivity index (χ1) is 10.1. The average Bonchev–Trinajstić information content (AvgIpc) is 2.86. The van der Waals surface area contributed by atoms with Crippen LogP contribution in [-0.4, -0.2) is 32.1 Å². The van der Waals surface area contributed by atoms with Crippen molar-refractivity contribution in [1.82, 2.24) is 19.7 Å². The minimum atomic E-state index is -0.263. The van der Waals surface area contributed by atoms with E-state index in [1.165, 1.54) is 12.1 Å². The Morgan fingerprint density at radius 1 is 1.33 bits per heavy atom. The Hall–Kier alpha value is -2.24. The van der Waals surface area contributed by atoms with Crippen LogP contribution in [0.1, 0.15) is 23.6 Å². The van der Waals surface area contributed by atoms with Gasteiger partial charge in [-0.3, -0.25) is 4.79 Å². The van der Waals surface area contributed by atoms with Gasteiger partial charge in [0.15, 0.2) is 5.82 Å². The third-order valence-corrected chi connectivity index (χ3v) is 3.81. The summed E-state index contributed by atoms with van der Waals surface area (Å²) in [6.07, 6.45) is 0.940. The van der Waals surface area contributed by atoms with Crippen LogP contribution in [0.25, 0.3) is 0 Å². The molecule has 0 bridgehead atoms. The van der Waals surface area contributed by atoms with E-state index in [9.17, 15) is 9.18 Å². The Labute approximate surface area is 122 Å². The van der Waals surface area contributed by atoms with Gasteiger partial charge in [-0.2, -0.15) is 0 Å². The van der Waals surface area contributed by atoms with E-state index in [4.69, 9.17) is 0 Å². The highest BCUT2D eigenvalue weighted by atomic mass is 19.1. The number of carbonyl (C=O) groups is 1. The predicted octanol–water partition coefficient (Wildman–Crippen LogP) is 1.70. The Bertz CT molecular complexity index is 667. The first kappa shape index (κ1) is 13.7. The first-order valence-corrected chi connectivity index (χ1v) is 7.04. The molecule has 0 saturated heterocycles. The molecule has 1 amide bonds. The smallest absolute Gasteiger partial charge is 0.223 e. The van der Waals surface area contributed by atoms with Crippen LogP contribution in [0.15, 0.2) is 24.3 Å². The van der Waals surface area contributed by atoms with Crippen molar-refractivity contribution in [2.24, 2.45) is 0 Å². The molecule has 3 rings (SSSR count). The standard InChI is InChI=1S/C15H17FN4O/c1-11-17-18-14-10-19(7-8-20(11)14)15(21)6-5-12-3-2-4-13(16)9-12/h2-4,9H,5-8,10H2,1H3. The van der Waals surface area contributed by atoms with Crippen LogP contribution in [0.5, 0.6) is 0 Å². The molecule has 110 valence electrons. The molecule has 0 aliphatic carbocycles. The number of rotatable bonds is 3. The van der Waals surface area contributed by atoms with Crippen molar-refractivity contribution >= 4 is 5.91 Å². The lowest BCUT2D eigenvalue weighted by Crippen LogP contribution is -2.38. The van der Waals surface area contributed by atoms with E-state index < -0.39 is 0 Å². The zero-order chi connectivity index (χ0) is 14.8. The Morgan fingerprint density at radius 3 is 3.00 bits per heavy atom. The number of carbonyl (C=O) groups excluding carboxylic acids is 1. The van der Waals surface area contributed by atoms with Gasteiger partial charge >= 0.3 is 0 Å². The van der Waals surface area contributed by atoms with Gasteiger partial charge in [0, 0.05) is 19.5 Å². The molecular weight excluding hydrogens is 271 g/mol. The summed E-state index contributed by atoms with van der Waals surface area (Å²) in [4.78, 5) is 14.0. The number of aryl methyl sites for hydroxylation is 2. The van der Waals surface area contributed by atoms with Gasteiger partial charge in [0.1, 0.15) is 11.6 Å². The third-order valence-electron chi connectivity index (χ3n) is 3.81. The van der Waals surface area contributed by atoms with Crippen LogP contribution in [-0.2, 0) is 24.3 Å². The summed E-state index contributed by atoms with van der Waals surface area (Å²) >= 11 is 0. The van der Waals surface area contributed by atoms with E-state index in [1.54, 1.807) is 11.0 Å². The Kier molecular flexibility index (Phi) is 3.68. The molecule has 0 radical (unpaired) electrons. The molecule has 1 aromatic heterocycles. The van der Waals surface area contributed by atoms with Crippen molar-refractivity contribution in [1.29, 1.82) is 0 Å². The number of aromatic nitrogens is 3. The quantitative estimate of drug-likeness (QED) is 0.864. The SMILES string of the molecule is Cc1nnc2n1CCN(C(=O)CCc1cccc(F)c1)C2. The first-order valence-electron chi connectivity index (χ1n) is 7.04. The number of benzene rings is 1. The molecule has 1 aromatic carbocycles. The van der Waals surface area contributed by atoms with E-state index in [1.807, 2.05) is 17.6 Å². The molecule has 21 heavy (non-hydrogen) atoms. The highest BCUT2D eigenvalue weighted by Gasteiger charge is 2.22. The number of nitrogens with zero attached hydrogens (tertiary/aromatic N) is 4. The second kappa shape index (κ2) is 5.63. The second-order valence-electron chi connectivity index (χ2n) is 5.26. The molecular formula is C15H17FN4O. The molecule has 2 heterocycles. The van der Waals surface area contributed by atoms with Crippen LogP contribution in [0.3, 0.4) is 0 Å². The molecule has 2 aromatic rings. The summed E-state index contributed by atoms with van der Waals surface area (Å²) < 4.78 is 15.1. The van der Waals surface area contributed by atoms with E-state index >= 15 is 0 Å². The van der Waals surface area contributed by atoms with Crippen LogP contribution >= 0.6 is 0 Å². The number of halogens is 1. The summed E-state index contributed by atoms with van der Waals surface area (Å²) in [6.45, 7) is 3.83. The Morgan fingerprint density at radius 2 is 2.19 bits per heavy atom. The number of fused-ring (bicyclic) bond motifs is 1. The molecule has 0 saturated carbocycles. The molecule has 1 aliphatic heterocycles. The molecule has 1 aliphatic rings. The van der Waals surface area contributed by atoms with Crippen molar-refractivity contribution in [3.8, 4) is 0 Å². The van der Waals surface area contributed by atoms with Crippen molar-refractivity contribution in [2.75, 3.05) is 6.54 Å². The minimum Gasteiger partial charge on any atom is -0.333 e. The van der Waals surface area contributed by atoms with Gasteiger partial charge in [-0.1, -0.05) is 12.1 Å². The van der Waals surface area contributed by atoms with E-state index in [2.05, 4.69) is 10.2 Å². The Balaban J connectivity index is 1.59. The largest absolute Gasteiger partial charge is 0.333 e.